The van der Waals surface area contributed by atoms with Crippen LogP contribution in [0.15, 0.2) is 59.6 Å². The van der Waals surface area contributed by atoms with Gasteiger partial charge in [-0.2, -0.15) is 0 Å². The Morgan fingerprint density at radius 3 is 2.65 bits per heavy atom. The van der Waals surface area contributed by atoms with E-state index in [2.05, 4.69) is 17.4 Å². The van der Waals surface area contributed by atoms with Crippen LogP contribution in [-0.4, -0.2) is 29.7 Å². The van der Waals surface area contributed by atoms with Gasteiger partial charge < -0.3 is 10.1 Å². The fourth-order valence-corrected chi connectivity index (χ4v) is 4.97. The number of anilines is 1. The summed E-state index contributed by atoms with van der Waals surface area (Å²) in [6.45, 7) is 0. The van der Waals surface area contributed by atoms with Gasteiger partial charge in [-0.3, -0.25) is 4.79 Å². The van der Waals surface area contributed by atoms with Gasteiger partial charge in [-0.25, -0.2) is 9.78 Å². The summed E-state index contributed by atoms with van der Waals surface area (Å²) in [5.74, 6) is 0.267. The molecule has 0 spiro atoms. The molecule has 0 radical (unpaired) electrons. The lowest BCUT2D eigenvalue weighted by Gasteiger charge is -2.14. The van der Waals surface area contributed by atoms with Crippen molar-refractivity contribution >= 4 is 40.2 Å². The lowest BCUT2D eigenvalue weighted by Crippen LogP contribution is -2.17. The van der Waals surface area contributed by atoms with Crippen LogP contribution in [0.2, 0.25) is 0 Å². The third-order valence-electron chi connectivity index (χ3n) is 5.69. The van der Waals surface area contributed by atoms with Gasteiger partial charge in [0.05, 0.1) is 29.6 Å². The first-order valence-electron chi connectivity index (χ1n) is 10.6. The van der Waals surface area contributed by atoms with Crippen LogP contribution in [-0.2, 0) is 16.0 Å². The molecular formula is C25H26N2O3S. The van der Waals surface area contributed by atoms with E-state index in [0.717, 1.165) is 22.3 Å². The third kappa shape index (κ3) is 5.25. The van der Waals surface area contributed by atoms with E-state index in [0.29, 0.717) is 17.2 Å². The molecule has 0 atom stereocenters. The number of hydrogen-bond donors (Lipinski definition) is 1. The smallest absolute Gasteiger partial charge is 0.339 e. The van der Waals surface area contributed by atoms with Gasteiger partial charge in [-0.15, -0.1) is 0 Å². The standard InChI is InChI=1S/C25H26N2O3S/c1-30-25(29)20-11-5-7-13-22(20)26-23(28)16-31-24-19(14-17-8-2-3-9-17)15-18-10-4-6-12-21(18)27-24/h4-7,10-13,15,17H,2-3,8-9,14,16H2,1H3,(H,26,28). The third-order valence-corrected chi connectivity index (χ3v) is 6.73. The average molecular weight is 435 g/mol. The zero-order valence-corrected chi connectivity index (χ0v) is 18.4. The molecule has 1 saturated carbocycles. The summed E-state index contributed by atoms with van der Waals surface area (Å²) in [6.07, 6.45) is 6.14. The number of pyridine rings is 1. The molecule has 5 nitrogen and oxygen atoms in total. The summed E-state index contributed by atoms with van der Waals surface area (Å²) in [5.41, 5.74) is 2.96. The maximum Gasteiger partial charge on any atom is 0.339 e. The van der Waals surface area contributed by atoms with Crippen molar-refractivity contribution in [3.8, 4) is 0 Å². The molecule has 1 aliphatic carbocycles. The molecule has 0 aliphatic heterocycles. The van der Waals surface area contributed by atoms with Crippen molar-refractivity contribution in [2.75, 3.05) is 18.2 Å². The number of amides is 1. The van der Waals surface area contributed by atoms with Gasteiger partial charge in [0.15, 0.2) is 0 Å². The molecule has 1 amide bonds. The van der Waals surface area contributed by atoms with Crippen molar-refractivity contribution in [3.63, 3.8) is 0 Å². The van der Waals surface area contributed by atoms with E-state index in [-0.39, 0.29) is 11.7 Å². The maximum absolute atomic E-state index is 12.7. The second kappa shape index (κ2) is 9.96. The lowest BCUT2D eigenvalue weighted by atomic mass is 9.98. The number of carbonyl (C=O) groups excluding carboxylic acids is 2. The van der Waals surface area contributed by atoms with E-state index in [4.69, 9.17) is 9.72 Å². The Bertz CT molecular complexity index is 1090. The Balaban J connectivity index is 1.50. The molecule has 1 aromatic heterocycles. The monoisotopic (exact) mass is 434 g/mol. The lowest BCUT2D eigenvalue weighted by molar-refractivity contribution is -0.113. The number of hydrogen-bond acceptors (Lipinski definition) is 5. The van der Waals surface area contributed by atoms with Gasteiger partial charge in [0.2, 0.25) is 5.91 Å². The number of methoxy groups -OCH3 is 1. The predicted octanol–water partition coefficient (Wildman–Crippen LogP) is 5.48. The van der Waals surface area contributed by atoms with Gasteiger partial charge in [-0.1, -0.05) is 67.8 Å². The Morgan fingerprint density at radius 2 is 1.84 bits per heavy atom. The molecule has 3 aromatic rings. The molecule has 2 aromatic carbocycles. The second-order valence-electron chi connectivity index (χ2n) is 7.87. The number of carbonyl (C=O) groups is 2. The van der Waals surface area contributed by atoms with Gasteiger partial charge in [0.25, 0.3) is 0 Å². The van der Waals surface area contributed by atoms with Gasteiger partial charge in [0.1, 0.15) is 5.03 Å². The zero-order chi connectivity index (χ0) is 21.6. The number of esters is 1. The number of nitrogens with zero attached hydrogens (tertiary/aromatic N) is 1. The van der Waals surface area contributed by atoms with E-state index in [9.17, 15) is 9.59 Å². The van der Waals surface area contributed by atoms with Crippen LogP contribution in [0.25, 0.3) is 10.9 Å². The molecule has 31 heavy (non-hydrogen) atoms. The van der Waals surface area contributed by atoms with Crippen LogP contribution < -0.4 is 5.32 Å². The zero-order valence-electron chi connectivity index (χ0n) is 17.6. The first-order valence-corrected chi connectivity index (χ1v) is 11.6. The highest BCUT2D eigenvalue weighted by Gasteiger charge is 2.19. The summed E-state index contributed by atoms with van der Waals surface area (Å²) in [7, 11) is 1.33. The maximum atomic E-state index is 12.7. The Kier molecular flexibility index (Phi) is 6.87. The van der Waals surface area contributed by atoms with Crippen molar-refractivity contribution in [2.45, 2.75) is 37.1 Å². The Labute approximate surface area is 186 Å². The van der Waals surface area contributed by atoms with Crippen molar-refractivity contribution < 1.29 is 14.3 Å². The first kappa shape index (κ1) is 21.4. The van der Waals surface area contributed by atoms with E-state index in [1.54, 1.807) is 24.3 Å². The molecular weight excluding hydrogens is 408 g/mol. The van der Waals surface area contributed by atoms with Crippen LogP contribution >= 0.6 is 11.8 Å². The van der Waals surface area contributed by atoms with Crippen molar-refractivity contribution in [1.82, 2.24) is 4.98 Å². The highest BCUT2D eigenvalue weighted by Crippen LogP contribution is 2.33. The molecule has 1 aliphatic rings. The SMILES string of the molecule is COC(=O)c1ccccc1NC(=O)CSc1nc2ccccc2cc1CC1CCCC1. The number of fused-ring (bicyclic) bond motifs is 1. The predicted molar refractivity (Wildman–Crippen MR) is 125 cm³/mol. The largest absolute Gasteiger partial charge is 0.465 e. The van der Waals surface area contributed by atoms with Crippen molar-refractivity contribution in [3.05, 3.63) is 65.7 Å². The molecule has 0 saturated heterocycles. The molecule has 160 valence electrons. The number of thioether (sulfide) groups is 1. The van der Waals surface area contributed by atoms with E-state index >= 15 is 0 Å². The summed E-state index contributed by atoms with van der Waals surface area (Å²) >= 11 is 1.45. The molecule has 1 fully saturated rings. The molecule has 0 bridgehead atoms. The molecule has 1 heterocycles. The molecule has 1 N–H and O–H groups in total. The van der Waals surface area contributed by atoms with Crippen LogP contribution in [0.1, 0.15) is 41.6 Å². The highest BCUT2D eigenvalue weighted by molar-refractivity contribution is 8.00. The van der Waals surface area contributed by atoms with Gasteiger partial charge in [-0.05, 0) is 42.2 Å². The quantitative estimate of drug-likeness (QED) is 0.394. The minimum absolute atomic E-state index is 0.178. The first-order chi connectivity index (χ1) is 15.1. The topological polar surface area (TPSA) is 68.3 Å². The van der Waals surface area contributed by atoms with E-state index in [1.807, 2.05) is 18.2 Å². The Morgan fingerprint density at radius 1 is 1.10 bits per heavy atom. The number of rotatable bonds is 7. The highest BCUT2D eigenvalue weighted by atomic mass is 32.2. The van der Waals surface area contributed by atoms with Gasteiger partial charge in [0, 0.05) is 5.39 Å². The normalized spacial score (nSPS) is 14.0. The van der Waals surface area contributed by atoms with Crippen LogP contribution in [0, 0.1) is 5.92 Å². The number of aromatic nitrogens is 1. The Hall–Kier alpha value is -2.86. The number of para-hydroxylation sites is 2. The molecule has 0 unspecified atom stereocenters. The molecule has 6 heteroatoms. The van der Waals surface area contributed by atoms with Crippen LogP contribution in [0.3, 0.4) is 0 Å². The fourth-order valence-electron chi connectivity index (χ4n) is 4.14. The minimum atomic E-state index is -0.474. The van der Waals surface area contributed by atoms with E-state index in [1.165, 1.54) is 50.1 Å². The van der Waals surface area contributed by atoms with Crippen molar-refractivity contribution in [2.24, 2.45) is 5.92 Å². The second-order valence-corrected chi connectivity index (χ2v) is 8.84. The van der Waals surface area contributed by atoms with Crippen molar-refractivity contribution in [1.29, 1.82) is 0 Å². The minimum Gasteiger partial charge on any atom is -0.465 e. The number of benzene rings is 2. The van der Waals surface area contributed by atoms with Crippen LogP contribution in [0.4, 0.5) is 5.69 Å². The van der Waals surface area contributed by atoms with Gasteiger partial charge >= 0.3 is 5.97 Å². The average Bonchev–Trinajstić information content (AvgIpc) is 3.30. The summed E-state index contributed by atoms with van der Waals surface area (Å²) in [4.78, 5) is 29.5. The molecule has 4 rings (SSSR count). The summed E-state index contributed by atoms with van der Waals surface area (Å²) in [6, 6.07) is 17.2. The van der Waals surface area contributed by atoms with E-state index < -0.39 is 5.97 Å². The number of ether oxygens (including phenoxy) is 1. The fraction of sp³-hybridized carbons (Fsp3) is 0.320. The summed E-state index contributed by atoms with van der Waals surface area (Å²) < 4.78 is 4.80. The number of nitrogens with one attached hydrogen (secondary N) is 1. The van der Waals surface area contributed by atoms with Crippen LogP contribution in [0.5, 0.6) is 0 Å². The summed E-state index contributed by atoms with van der Waals surface area (Å²) in [5, 5.41) is 4.89.